The molecule has 1 nitrogen and oxygen atoms in total. The molecule has 0 aromatic carbocycles. The van der Waals surface area contributed by atoms with Crippen LogP contribution in [0.4, 0.5) is 39.5 Å². The molecular weight excluding hydrogens is 273 g/mol. The summed E-state index contributed by atoms with van der Waals surface area (Å²) in [6, 6.07) is 0. The first-order valence-electron chi connectivity index (χ1n) is 3.57. The van der Waals surface area contributed by atoms with Crippen molar-refractivity contribution in [2.75, 3.05) is 14.1 Å². The average Bonchev–Trinajstić information content (AvgIpc) is 1.71. The zero-order valence-electron chi connectivity index (χ0n) is 7.85. The van der Waals surface area contributed by atoms with E-state index in [9.17, 15) is 39.5 Å². The normalized spacial score (nSPS) is 15.8. The van der Waals surface area contributed by atoms with Crippen molar-refractivity contribution in [3.05, 3.63) is 0 Å². The summed E-state index contributed by atoms with van der Waals surface area (Å²) in [4.78, 5) is 0. The van der Waals surface area contributed by atoms with Gasteiger partial charge >= 0.3 is 25.6 Å². The highest BCUT2D eigenvalue weighted by atomic mass is 28.3. The van der Waals surface area contributed by atoms with E-state index >= 15 is 0 Å². The Morgan fingerprint density at radius 1 is 0.625 bits per heavy atom. The first kappa shape index (κ1) is 15.5. The van der Waals surface area contributed by atoms with Crippen LogP contribution in [0, 0.1) is 0 Å². The number of alkyl halides is 9. The highest BCUT2D eigenvalue weighted by Crippen LogP contribution is 2.50. The van der Waals surface area contributed by atoms with Gasteiger partial charge in [-0.1, -0.05) is 0 Å². The van der Waals surface area contributed by atoms with Crippen LogP contribution in [0.15, 0.2) is 0 Å². The monoisotopic (exact) mass is 279 g/mol. The minimum Gasteiger partial charge on any atom is -0.309 e. The standard InChI is InChI=1S/C5H6F9NSi/c1-15(2)16(3(6,7)8,4(9,10)11)5(12,13)14/h1-2H3. The maximum Gasteiger partial charge on any atom is 0.491 e. The summed E-state index contributed by atoms with van der Waals surface area (Å²) < 4.78 is 109. The molecule has 0 saturated carbocycles. The maximum absolute atomic E-state index is 12.2. The van der Waals surface area contributed by atoms with Gasteiger partial charge < -0.3 is 4.57 Å². The fraction of sp³-hybridized carbons (Fsp3) is 1.00. The molecule has 16 heavy (non-hydrogen) atoms. The second kappa shape index (κ2) is 3.79. The third-order valence-corrected chi connectivity index (χ3v) is 5.70. The summed E-state index contributed by atoms with van der Waals surface area (Å²) in [6.45, 7) is 0. The molecule has 0 aliphatic rings. The summed E-state index contributed by atoms with van der Waals surface area (Å²) in [5.41, 5.74) is 0. The van der Waals surface area contributed by atoms with E-state index in [-0.39, 0.29) is 14.1 Å². The molecule has 0 radical (unpaired) electrons. The van der Waals surface area contributed by atoms with E-state index in [0.29, 0.717) is 0 Å². The molecule has 0 rings (SSSR count). The fourth-order valence-corrected chi connectivity index (χ4v) is 3.73. The van der Waals surface area contributed by atoms with E-state index < -0.39 is 30.2 Å². The van der Waals surface area contributed by atoms with Gasteiger partial charge in [-0.2, -0.15) is 39.5 Å². The Labute approximate surface area is 84.9 Å². The highest BCUT2D eigenvalue weighted by molar-refractivity contribution is 6.82. The summed E-state index contributed by atoms with van der Waals surface area (Å²) in [5, 5.41) is 0. The van der Waals surface area contributed by atoms with Crippen LogP contribution in [-0.2, 0) is 0 Å². The van der Waals surface area contributed by atoms with Gasteiger partial charge in [-0.15, -0.1) is 0 Å². The first-order valence-corrected chi connectivity index (χ1v) is 5.52. The molecule has 0 aliphatic carbocycles. The van der Waals surface area contributed by atoms with Gasteiger partial charge in [-0.3, -0.25) is 0 Å². The van der Waals surface area contributed by atoms with Crippen LogP contribution in [0.1, 0.15) is 0 Å². The Morgan fingerprint density at radius 2 is 0.812 bits per heavy atom. The molecule has 0 aliphatic heterocycles. The van der Waals surface area contributed by atoms with Crippen LogP contribution in [-0.4, -0.2) is 44.3 Å². The van der Waals surface area contributed by atoms with Gasteiger partial charge in [0, 0.05) is 0 Å². The van der Waals surface area contributed by atoms with Crippen molar-refractivity contribution in [3.8, 4) is 0 Å². The van der Waals surface area contributed by atoms with Crippen molar-refractivity contribution < 1.29 is 39.5 Å². The summed E-state index contributed by atoms with van der Waals surface area (Å²) >= 11 is 0. The van der Waals surface area contributed by atoms with Crippen molar-refractivity contribution in [1.82, 2.24) is 4.57 Å². The zero-order valence-corrected chi connectivity index (χ0v) is 8.85. The van der Waals surface area contributed by atoms with Gasteiger partial charge in [0.1, 0.15) is 0 Å². The Kier molecular flexibility index (Phi) is 3.68. The molecule has 0 atom stereocenters. The Balaban J connectivity index is 6.05. The molecule has 0 N–H and O–H groups in total. The van der Waals surface area contributed by atoms with Crippen LogP contribution in [0.25, 0.3) is 0 Å². The van der Waals surface area contributed by atoms with Gasteiger partial charge in [0.15, 0.2) is 0 Å². The van der Waals surface area contributed by atoms with E-state index in [1.165, 1.54) is 0 Å². The molecule has 98 valence electrons. The molecule has 0 aromatic heterocycles. The SMILES string of the molecule is CN(C)[Si](C(F)(F)F)(C(F)(F)F)C(F)(F)F. The number of rotatable bonds is 1. The topological polar surface area (TPSA) is 3.24 Å². The quantitative estimate of drug-likeness (QED) is 0.527. The van der Waals surface area contributed by atoms with E-state index in [1.807, 2.05) is 0 Å². The van der Waals surface area contributed by atoms with Crippen LogP contribution in [0.3, 0.4) is 0 Å². The average molecular weight is 279 g/mol. The molecule has 0 saturated heterocycles. The third kappa shape index (κ3) is 2.01. The van der Waals surface area contributed by atoms with Crippen LogP contribution < -0.4 is 0 Å². The minimum atomic E-state index is -7.64. The molecular formula is C5H6F9NSi. The second-order valence-corrected chi connectivity index (χ2v) is 7.11. The number of halogens is 9. The fourth-order valence-electron chi connectivity index (χ4n) is 1.24. The lowest BCUT2D eigenvalue weighted by Crippen LogP contribution is -2.79. The molecule has 0 aromatic rings. The number of nitrogens with zero attached hydrogens (tertiary/aromatic N) is 1. The zero-order chi connectivity index (χ0) is 13.6. The van der Waals surface area contributed by atoms with Gasteiger partial charge in [0.05, 0.1) is 0 Å². The number of hydrogen-bond acceptors (Lipinski definition) is 1. The molecule has 0 heterocycles. The van der Waals surface area contributed by atoms with E-state index in [1.54, 1.807) is 0 Å². The molecule has 0 amide bonds. The third-order valence-electron chi connectivity index (χ3n) is 1.90. The predicted octanol–water partition coefficient (Wildman–Crippen LogP) is 2.80. The van der Waals surface area contributed by atoms with Crippen molar-refractivity contribution in [3.63, 3.8) is 0 Å². The largest absolute Gasteiger partial charge is 0.491 e. The first-order chi connectivity index (χ1) is 6.69. The minimum absolute atomic E-state index is 0.126. The molecule has 11 heteroatoms. The van der Waals surface area contributed by atoms with Crippen LogP contribution >= 0.6 is 0 Å². The summed E-state index contributed by atoms with van der Waals surface area (Å²) in [5.74, 6) is -19.1. The summed E-state index contributed by atoms with van der Waals surface area (Å²) in [6.07, 6.45) is 0. The lowest BCUT2D eigenvalue weighted by atomic mass is 11.3. The van der Waals surface area contributed by atoms with Crippen molar-refractivity contribution in [2.45, 2.75) is 17.4 Å². The van der Waals surface area contributed by atoms with Crippen molar-refractivity contribution >= 4 is 8.24 Å². The van der Waals surface area contributed by atoms with Crippen LogP contribution in [0.2, 0.25) is 0 Å². The smallest absolute Gasteiger partial charge is 0.309 e. The predicted molar refractivity (Wildman–Crippen MR) is 37.6 cm³/mol. The number of hydrogen-bond donors (Lipinski definition) is 0. The van der Waals surface area contributed by atoms with E-state index in [4.69, 9.17) is 0 Å². The molecule has 0 fully saturated rings. The second-order valence-electron chi connectivity index (χ2n) is 3.10. The van der Waals surface area contributed by atoms with Gasteiger partial charge in [-0.25, -0.2) is 0 Å². The van der Waals surface area contributed by atoms with Crippen molar-refractivity contribution in [1.29, 1.82) is 0 Å². The van der Waals surface area contributed by atoms with Crippen molar-refractivity contribution in [2.24, 2.45) is 0 Å². The Hall–Kier alpha value is -0.453. The van der Waals surface area contributed by atoms with Gasteiger partial charge in [-0.05, 0) is 14.1 Å². The van der Waals surface area contributed by atoms with Crippen LogP contribution in [0.5, 0.6) is 0 Å². The molecule has 0 spiro atoms. The lowest BCUT2D eigenvalue weighted by molar-refractivity contribution is -0.176. The molecule has 0 unspecified atom stereocenters. The van der Waals surface area contributed by atoms with E-state index in [2.05, 4.69) is 0 Å². The van der Waals surface area contributed by atoms with E-state index in [0.717, 1.165) is 0 Å². The van der Waals surface area contributed by atoms with Gasteiger partial charge in [0.2, 0.25) is 0 Å². The summed E-state index contributed by atoms with van der Waals surface area (Å²) in [7, 11) is -7.39. The Morgan fingerprint density at radius 3 is 0.812 bits per heavy atom. The maximum atomic E-state index is 12.2. The molecule has 0 bridgehead atoms. The lowest BCUT2D eigenvalue weighted by Gasteiger charge is -2.39. The van der Waals surface area contributed by atoms with Gasteiger partial charge in [0.25, 0.3) is 0 Å². The Bertz CT molecular complexity index is 212. The highest BCUT2D eigenvalue weighted by Gasteiger charge is 2.89.